The molecule has 0 amide bonds. The summed E-state index contributed by atoms with van der Waals surface area (Å²) in [5.41, 5.74) is -0.172. The Morgan fingerprint density at radius 2 is 1.84 bits per heavy atom. The number of hydrogen-bond acceptors (Lipinski definition) is 7. The lowest BCUT2D eigenvalue weighted by Crippen LogP contribution is -2.10. The minimum Gasteiger partial charge on any atom is -0.464 e. The third-order valence-electron chi connectivity index (χ3n) is 2.40. The molecule has 0 spiro atoms. The molecule has 1 aromatic heterocycles. The van der Waals surface area contributed by atoms with E-state index in [0.29, 0.717) is 13.0 Å². The van der Waals surface area contributed by atoms with Crippen LogP contribution in [0.2, 0.25) is 0 Å². The highest BCUT2D eigenvalue weighted by Crippen LogP contribution is 2.16. The van der Waals surface area contributed by atoms with Crippen molar-refractivity contribution in [2.75, 3.05) is 27.9 Å². The van der Waals surface area contributed by atoms with Crippen LogP contribution in [0.3, 0.4) is 0 Å². The number of aromatic nitrogens is 1. The Labute approximate surface area is 110 Å². The predicted octanol–water partition coefficient (Wildman–Crippen LogP) is 1.07. The average molecular weight is 271 g/mol. The second-order valence-electron chi connectivity index (χ2n) is 4.03. The molecule has 1 unspecified atom stereocenters. The molecule has 0 aliphatic carbocycles. The first-order chi connectivity index (χ1) is 9.03. The Balaban J connectivity index is 2.99. The average Bonchev–Trinajstić information content (AvgIpc) is 2.80. The summed E-state index contributed by atoms with van der Waals surface area (Å²) in [6, 6.07) is 0. The fourth-order valence-corrected chi connectivity index (χ4v) is 1.56. The second-order valence-corrected chi connectivity index (χ2v) is 4.03. The summed E-state index contributed by atoms with van der Waals surface area (Å²) < 4.78 is 19.3. The van der Waals surface area contributed by atoms with Gasteiger partial charge in [0.1, 0.15) is 0 Å². The molecule has 1 heterocycles. The third-order valence-corrected chi connectivity index (χ3v) is 2.40. The van der Waals surface area contributed by atoms with Gasteiger partial charge in [0.05, 0.1) is 14.2 Å². The van der Waals surface area contributed by atoms with Gasteiger partial charge in [-0.25, -0.2) is 14.6 Å². The molecular weight excluding hydrogens is 254 g/mol. The fraction of sp³-hybridized carbons (Fsp3) is 0.583. The first-order valence-corrected chi connectivity index (χ1v) is 5.68. The highest BCUT2D eigenvalue weighted by molar-refractivity contribution is 5.99. The number of esters is 2. The number of carbonyl (C=O) groups excluding carboxylic acids is 2. The summed E-state index contributed by atoms with van der Waals surface area (Å²) in [6.45, 7) is 2.45. The predicted molar refractivity (Wildman–Crippen MR) is 63.9 cm³/mol. The van der Waals surface area contributed by atoms with Crippen LogP contribution in [-0.2, 0) is 20.6 Å². The molecule has 7 heteroatoms. The lowest BCUT2D eigenvalue weighted by Gasteiger charge is -2.05. The van der Waals surface area contributed by atoms with Crippen LogP contribution < -0.4 is 0 Å². The van der Waals surface area contributed by atoms with E-state index in [1.165, 1.54) is 14.2 Å². The van der Waals surface area contributed by atoms with Gasteiger partial charge in [0.25, 0.3) is 0 Å². The van der Waals surface area contributed by atoms with Crippen LogP contribution in [-0.4, -0.2) is 44.9 Å². The number of methoxy groups -OCH3 is 3. The standard InChI is InChI=1S/C12H17NO6/c1-7(6-16-2)5-8-13-9(11(14)17-3)10(19-8)12(15)18-4/h7H,5-6H2,1-4H3. The highest BCUT2D eigenvalue weighted by Gasteiger charge is 2.27. The van der Waals surface area contributed by atoms with Gasteiger partial charge in [-0.05, 0) is 5.92 Å². The Kier molecular flexibility index (Phi) is 5.50. The minimum atomic E-state index is -0.765. The number of nitrogens with zero attached hydrogens (tertiary/aromatic N) is 1. The third kappa shape index (κ3) is 3.78. The van der Waals surface area contributed by atoms with Gasteiger partial charge in [0, 0.05) is 20.1 Å². The van der Waals surface area contributed by atoms with Gasteiger partial charge < -0.3 is 18.6 Å². The summed E-state index contributed by atoms with van der Waals surface area (Å²) in [6.07, 6.45) is 0.439. The van der Waals surface area contributed by atoms with Gasteiger partial charge in [-0.2, -0.15) is 0 Å². The lowest BCUT2D eigenvalue weighted by atomic mass is 10.1. The molecule has 0 bridgehead atoms. The van der Waals surface area contributed by atoms with Gasteiger partial charge in [0.2, 0.25) is 11.5 Å². The van der Waals surface area contributed by atoms with Crippen LogP contribution >= 0.6 is 0 Å². The zero-order chi connectivity index (χ0) is 14.4. The molecule has 7 nitrogen and oxygen atoms in total. The number of ether oxygens (including phenoxy) is 3. The van der Waals surface area contributed by atoms with E-state index in [0.717, 1.165) is 0 Å². The topological polar surface area (TPSA) is 87.9 Å². The van der Waals surface area contributed by atoms with Crippen molar-refractivity contribution in [3.8, 4) is 0 Å². The van der Waals surface area contributed by atoms with Crippen molar-refractivity contribution in [1.29, 1.82) is 0 Å². The van der Waals surface area contributed by atoms with Crippen LogP contribution in [0, 0.1) is 5.92 Å². The molecule has 0 saturated heterocycles. The van der Waals surface area contributed by atoms with E-state index in [1.54, 1.807) is 7.11 Å². The van der Waals surface area contributed by atoms with Gasteiger partial charge in [-0.3, -0.25) is 0 Å². The maximum Gasteiger partial charge on any atom is 0.376 e. The molecular formula is C12H17NO6. The SMILES string of the molecule is COCC(C)Cc1nc(C(=O)OC)c(C(=O)OC)o1. The number of oxazole rings is 1. The maximum absolute atomic E-state index is 11.5. The Bertz CT molecular complexity index is 420. The van der Waals surface area contributed by atoms with Crippen LogP contribution in [0.25, 0.3) is 0 Å². The van der Waals surface area contributed by atoms with E-state index < -0.39 is 11.9 Å². The Morgan fingerprint density at radius 3 is 2.37 bits per heavy atom. The zero-order valence-corrected chi connectivity index (χ0v) is 11.4. The molecule has 0 fully saturated rings. The molecule has 0 aliphatic heterocycles. The molecule has 1 aromatic rings. The van der Waals surface area contributed by atoms with Crippen molar-refractivity contribution in [2.24, 2.45) is 5.92 Å². The van der Waals surface area contributed by atoms with Gasteiger partial charge in [0.15, 0.2) is 5.89 Å². The molecule has 0 radical (unpaired) electrons. The van der Waals surface area contributed by atoms with E-state index >= 15 is 0 Å². The fourth-order valence-electron chi connectivity index (χ4n) is 1.56. The van der Waals surface area contributed by atoms with E-state index in [-0.39, 0.29) is 23.3 Å². The first kappa shape index (κ1) is 15.2. The first-order valence-electron chi connectivity index (χ1n) is 5.68. The number of hydrogen-bond donors (Lipinski definition) is 0. The van der Waals surface area contributed by atoms with Crippen LogP contribution in [0.4, 0.5) is 0 Å². The molecule has 19 heavy (non-hydrogen) atoms. The highest BCUT2D eigenvalue weighted by atomic mass is 16.5. The van der Waals surface area contributed by atoms with Crippen molar-refractivity contribution in [1.82, 2.24) is 4.98 Å². The monoisotopic (exact) mass is 271 g/mol. The van der Waals surface area contributed by atoms with Crippen molar-refractivity contribution in [3.05, 3.63) is 17.3 Å². The lowest BCUT2D eigenvalue weighted by molar-refractivity contribution is 0.0525. The van der Waals surface area contributed by atoms with Crippen LogP contribution in [0.1, 0.15) is 33.9 Å². The minimum absolute atomic E-state index is 0.139. The summed E-state index contributed by atoms with van der Waals surface area (Å²) in [4.78, 5) is 27.0. The smallest absolute Gasteiger partial charge is 0.376 e. The summed E-state index contributed by atoms with van der Waals surface area (Å²) >= 11 is 0. The van der Waals surface area contributed by atoms with Crippen molar-refractivity contribution in [3.63, 3.8) is 0 Å². The molecule has 1 atom stereocenters. The summed E-state index contributed by atoms with van der Waals surface area (Å²) in [7, 11) is 3.98. The van der Waals surface area contributed by atoms with Gasteiger partial charge in [-0.1, -0.05) is 6.92 Å². The molecule has 0 aromatic carbocycles. The van der Waals surface area contributed by atoms with Gasteiger partial charge >= 0.3 is 11.9 Å². The maximum atomic E-state index is 11.5. The van der Waals surface area contributed by atoms with Crippen LogP contribution in [0.15, 0.2) is 4.42 Å². The second kappa shape index (κ2) is 6.89. The van der Waals surface area contributed by atoms with E-state index in [4.69, 9.17) is 9.15 Å². The van der Waals surface area contributed by atoms with Gasteiger partial charge in [-0.15, -0.1) is 0 Å². The van der Waals surface area contributed by atoms with E-state index in [1.807, 2.05) is 6.92 Å². The van der Waals surface area contributed by atoms with Crippen LogP contribution in [0.5, 0.6) is 0 Å². The normalized spacial score (nSPS) is 12.0. The Hall–Kier alpha value is -1.89. The molecule has 0 saturated carbocycles. The largest absolute Gasteiger partial charge is 0.464 e. The molecule has 106 valence electrons. The van der Waals surface area contributed by atoms with E-state index in [9.17, 15) is 9.59 Å². The zero-order valence-electron chi connectivity index (χ0n) is 11.4. The van der Waals surface area contributed by atoms with Crippen molar-refractivity contribution in [2.45, 2.75) is 13.3 Å². The molecule has 0 N–H and O–H groups in total. The summed E-state index contributed by atoms with van der Waals surface area (Å²) in [5.74, 6) is -1.34. The number of carbonyl (C=O) groups is 2. The summed E-state index contributed by atoms with van der Waals surface area (Å²) in [5, 5.41) is 0. The van der Waals surface area contributed by atoms with Crippen molar-refractivity contribution >= 4 is 11.9 Å². The number of rotatable bonds is 6. The Morgan fingerprint density at radius 1 is 1.21 bits per heavy atom. The van der Waals surface area contributed by atoms with Crippen molar-refractivity contribution < 1.29 is 28.2 Å². The quantitative estimate of drug-likeness (QED) is 0.715. The molecule has 0 aliphatic rings. The molecule has 1 rings (SSSR count). The van der Waals surface area contributed by atoms with E-state index in [2.05, 4.69) is 14.5 Å².